The Balaban J connectivity index is 1.77. The van der Waals surface area contributed by atoms with Crippen LogP contribution in [0.1, 0.15) is 51.4 Å². The fourth-order valence-corrected chi connectivity index (χ4v) is 2.78. The normalized spacial score (nSPS) is 13.9. The number of hydrogen-bond acceptors (Lipinski definition) is 2. The van der Waals surface area contributed by atoms with Crippen molar-refractivity contribution in [3.05, 3.63) is 64.2 Å². The third kappa shape index (κ3) is 2.98. The maximum absolute atomic E-state index is 12.3. The first-order valence-electron chi connectivity index (χ1n) is 7.79. The van der Waals surface area contributed by atoms with E-state index < -0.39 is 0 Å². The van der Waals surface area contributed by atoms with E-state index in [4.69, 9.17) is 5.73 Å². The highest BCUT2D eigenvalue weighted by Crippen LogP contribution is 2.43. The maximum Gasteiger partial charge on any atom is 0.251 e. The van der Waals surface area contributed by atoms with Crippen LogP contribution in [0.25, 0.3) is 0 Å². The second kappa shape index (κ2) is 5.84. The molecule has 3 heteroatoms. The number of anilines is 1. The summed E-state index contributed by atoms with van der Waals surface area (Å²) in [5.41, 5.74) is 12.3. The number of carbonyl (C=O) groups excluding carboxylic acids is 1. The van der Waals surface area contributed by atoms with Gasteiger partial charge in [0.2, 0.25) is 0 Å². The molecule has 0 bridgehead atoms. The van der Waals surface area contributed by atoms with Crippen molar-refractivity contribution in [2.24, 2.45) is 0 Å². The maximum atomic E-state index is 12.3. The molecule has 3 rings (SSSR count). The highest BCUT2D eigenvalue weighted by Gasteiger charge is 2.27. The number of rotatable bonds is 4. The molecule has 0 radical (unpaired) electrons. The van der Waals surface area contributed by atoms with Gasteiger partial charge in [0.1, 0.15) is 0 Å². The minimum Gasteiger partial charge on any atom is -0.399 e. The van der Waals surface area contributed by atoms with Gasteiger partial charge in [0.05, 0.1) is 0 Å². The van der Waals surface area contributed by atoms with E-state index in [9.17, 15) is 4.79 Å². The first kappa shape index (κ1) is 14.6. The Hall–Kier alpha value is -2.29. The number of amides is 1. The van der Waals surface area contributed by atoms with Crippen LogP contribution >= 0.6 is 0 Å². The molecule has 3 N–H and O–H groups in total. The Morgan fingerprint density at radius 3 is 2.45 bits per heavy atom. The van der Waals surface area contributed by atoms with Gasteiger partial charge in [-0.15, -0.1) is 0 Å². The van der Waals surface area contributed by atoms with Crippen molar-refractivity contribution in [2.45, 2.75) is 39.2 Å². The van der Waals surface area contributed by atoms with Crippen LogP contribution in [0.15, 0.2) is 36.4 Å². The van der Waals surface area contributed by atoms with Crippen molar-refractivity contribution in [3.8, 4) is 0 Å². The molecule has 0 atom stereocenters. The lowest BCUT2D eigenvalue weighted by Gasteiger charge is -2.15. The van der Waals surface area contributed by atoms with E-state index in [1.165, 1.54) is 24.0 Å². The SMILES string of the molecule is Cc1ccc(C(=O)NCc2c(C3CC3)ccc(N)c2C)cc1. The van der Waals surface area contributed by atoms with Gasteiger partial charge >= 0.3 is 0 Å². The molecule has 0 aliphatic heterocycles. The van der Waals surface area contributed by atoms with Gasteiger partial charge in [0.15, 0.2) is 0 Å². The smallest absolute Gasteiger partial charge is 0.251 e. The molecule has 2 aromatic rings. The van der Waals surface area contributed by atoms with E-state index in [-0.39, 0.29) is 5.91 Å². The van der Waals surface area contributed by atoms with Gasteiger partial charge in [0, 0.05) is 17.8 Å². The monoisotopic (exact) mass is 294 g/mol. The van der Waals surface area contributed by atoms with Crippen molar-refractivity contribution in [1.29, 1.82) is 0 Å². The van der Waals surface area contributed by atoms with Gasteiger partial charge in [-0.2, -0.15) is 0 Å². The van der Waals surface area contributed by atoms with Crippen LogP contribution in [0.4, 0.5) is 5.69 Å². The van der Waals surface area contributed by atoms with Crippen LogP contribution in [0.3, 0.4) is 0 Å². The van der Waals surface area contributed by atoms with Crippen molar-refractivity contribution in [3.63, 3.8) is 0 Å². The lowest BCUT2D eigenvalue weighted by molar-refractivity contribution is 0.0951. The van der Waals surface area contributed by atoms with Gasteiger partial charge < -0.3 is 11.1 Å². The van der Waals surface area contributed by atoms with Gasteiger partial charge in [-0.3, -0.25) is 4.79 Å². The summed E-state index contributed by atoms with van der Waals surface area (Å²) in [7, 11) is 0. The van der Waals surface area contributed by atoms with Crippen LogP contribution in [0.2, 0.25) is 0 Å². The zero-order valence-electron chi connectivity index (χ0n) is 13.1. The fraction of sp³-hybridized carbons (Fsp3) is 0.316. The summed E-state index contributed by atoms with van der Waals surface area (Å²) in [6.07, 6.45) is 2.48. The summed E-state index contributed by atoms with van der Waals surface area (Å²) in [6.45, 7) is 4.59. The molecule has 0 spiro atoms. The van der Waals surface area contributed by atoms with Crippen LogP contribution in [0, 0.1) is 13.8 Å². The Morgan fingerprint density at radius 1 is 1.14 bits per heavy atom. The molecule has 2 aromatic carbocycles. The van der Waals surface area contributed by atoms with Crippen LogP contribution in [-0.4, -0.2) is 5.91 Å². The van der Waals surface area contributed by atoms with Crippen LogP contribution in [-0.2, 0) is 6.54 Å². The molecule has 114 valence electrons. The Kier molecular flexibility index (Phi) is 3.88. The predicted molar refractivity (Wildman–Crippen MR) is 89.9 cm³/mol. The summed E-state index contributed by atoms with van der Waals surface area (Å²) < 4.78 is 0. The van der Waals surface area contributed by atoms with Gasteiger partial charge in [0.25, 0.3) is 5.91 Å². The highest BCUT2D eigenvalue weighted by atomic mass is 16.1. The first-order valence-corrected chi connectivity index (χ1v) is 7.79. The van der Waals surface area contributed by atoms with Crippen molar-refractivity contribution in [1.82, 2.24) is 5.32 Å². The zero-order valence-corrected chi connectivity index (χ0v) is 13.1. The minimum atomic E-state index is -0.0384. The van der Waals surface area contributed by atoms with E-state index >= 15 is 0 Å². The third-order valence-electron chi connectivity index (χ3n) is 4.43. The molecular weight excluding hydrogens is 272 g/mol. The van der Waals surface area contributed by atoms with Gasteiger partial charge in [-0.25, -0.2) is 0 Å². The number of nitrogen functional groups attached to an aromatic ring is 1. The Bertz CT molecular complexity index is 700. The molecule has 0 unspecified atom stereocenters. The predicted octanol–water partition coefficient (Wildman–Crippen LogP) is 3.69. The topological polar surface area (TPSA) is 55.1 Å². The molecule has 1 saturated carbocycles. The zero-order chi connectivity index (χ0) is 15.7. The second-order valence-electron chi connectivity index (χ2n) is 6.17. The number of nitrogens with two attached hydrogens (primary N) is 1. The van der Waals surface area contributed by atoms with Crippen molar-refractivity contribution in [2.75, 3.05) is 5.73 Å². The van der Waals surface area contributed by atoms with E-state index in [2.05, 4.69) is 11.4 Å². The summed E-state index contributed by atoms with van der Waals surface area (Å²) in [5.74, 6) is 0.606. The van der Waals surface area contributed by atoms with E-state index in [1.807, 2.05) is 44.2 Å². The van der Waals surface area contributed by atoms with E-state index in [1.54, 1.807) is 0 Å². The average molecular weight is 294 g/mol. The number of hydrogen-bond donors (Lipinski definition) is 2. The summed E-state index contributed by atoms with van der Waals surface area (Å²) in [5, 5.41) is 3.03. The van der Waals surface area contributed by atoms with Crippen LogP contribution < -0.4 is 11.1 Å². The quantitative estimate of drug-likeness (QED) is 0.845. The average Bonchev–Trinajstić information content (AvgIpc) is 3.34. The summed E-state index contributed by atoms with van der Waals surface area (Å²) >= 11 is 0. The number of benzene rings is 2. The number of aryl methyl sites for hydroxylation is 1. The van der Waals surface area contributed by atoms with Crippen LogP contribution in [0.5, 0.6) is 0 Å². The summed E-state index contributed by atoms with van der Waals surface area (Å²) in [6, 6.07) is 11.7. The molecule has 0 saturated heterocycles. The van der Waals surface area contributed by atoms with E-state index in [0.717, 1.165) is 16.8 Å². The van der Waals surface area contributed by atoms with Gasteiger partial charge in [-0.05, 0) is 67.5 Å². The largest absolute Gasteiger partial charge is 0.399 e. The van der Waals surface area contributed by atoms with Crippen molar-refractivity contribution < 1.29 is 4.79 Å². The summed E-state index contributed by atoms with van der Waals surface area (Å²) in [4.78, 5) is 12.3. The Morgan fingerprint density at radius 2 is 1.82 bits per heavy atom. The third-order valence-corrected chi connectivity index (χ3v) is 4.43. The molecule has 1 fully saturated rings. The lowest BCUT2D eigenvalue weighted by atomic mass is 9.97. The molecule has 0 heterocycles. The second-order valence-corrected chi connectivity index (χ2v) is 6.17. The molecule has 3 nitrogen and oxygen atoms in total. The highest BCUT2D eigenvalue weighted by molar-refractivity contribution is 5.94. The molecule has 22 heavy (non-hydrogen) atoms. The number of nitrogens with one attached hydrogen (secondary N) is 1. The minimum absolute atomic E-state index is 0.0384. The number of carbonyl (C=O) groups is 1. The fourth-order valence-electron chi connectivity index (χ4n) is 2.78. The van der Waals surface area contributed by atoms with E-state index in [0.29, 0.717) is 18.0 Å². The molecule has 1 amide bonds. The van der Waals surface area contributed by atoms with Gasteiger partial charge in [-0.1, -0.05) is 23.8 Å². The lowest BCUT2D eigenvalue weighted by Crippen LogP contribution is -2.24. The molecule has 0 aromatic heterocycles. The Labute approximate surface area is 131 Å². The van der Waals surface area contributed by atoms with Crippen molar-refractivity contribution >= 4 is 11.6 Å². The molecular formula is C19H22N2O. The molecule has 1 aliphatic carbocycles. The molecule has 1 aliphatic rings. The first-order chi connectivity index (χ1) is 10.6. The standard InChI is InChI=1S/C19H22N2O/c1-12-3-5-15(6-4-12)19(22)21-11-17-13(2)18(20)10-9-16(17)14-7-8-14/h3-6,9-10,14H,7-8,11,20H2,1-2H3,(H,21,22).